The molecule has 0 heterocycles. The maximum Gasteiger partial charge on any atom is 0.240 e. The Kier molecular flexibility index (Phi) is 3.36. The Bertz CT molecular complexity index is 529. The Balaban J connectivity index is 3.58. The van der Waals surface area contributed by atoms with Crippen molar-refractivity contribution in [2.75, 3.05) is 5.73 Å². The SMILES string of the molecule is Nc1cc(Cl)c(S(N)=O)cc1S(N)(=O)=O. The number of benzene rings is 1. The molecule has 6 N–H and O–H groups in total. The molecular weight excluding hydrogens is 262 g/mol. The molecule has 1 atom stereocenters. The molecule has 9 heteroatoms. The van der Waals surface area contributed by atoms with Crippen LogP contribution in [0.2, 0.25) is 5.02 Å². The summed E-state index contributed by atoms with van der Waals surface area (Å²) < 4.78 is 33.1. The molecule has 84 valence electrons. The highest BCUT2D eigenvalue weighted by molar-refractivity contribution is 7.89. The molecule has 1 rings (SSSR count). The molecule has 0 saturated heterocycles. The summed E-state index contributed by atoms with van der Waals surface area (Å²) in [5, 5.41) is 10.0. The average molecular weight is 270 g/mol. The first-order valence-electron chi connectivity index (χ1n) is 3.51. The van der Waals surface area contributed by atoms with Gasteiger partial charge in [0.25, 0.3) is 0 Å². The summed E-state index contributed by atoms with van der Waals surface area (Å²) in [7, 11) is -5.88. The molecule has 0 spiro atoms. The lowest BCUT2D eigenvalue weighted by molar-refractivity contribution is 0.598. The van der Waals surface area contributed by atoms with E-state index in [0.717, 1.165) is 12.1 Å². The Morgan fingerprint density at radius 3 is 2.27 bits per heavy atom. The zero-order valence-electron chi connectivity index (χ0n) is 7.31. The number of primary sulfonamides is 1. The number of anilines is 1. The maximum atomic E-state index is 11.1. The van der Waals surface area contributed by atoms with E-state index in [1.807, 2.05) is 0 Å². The maximum absolute atomic E-state index is 11.1. The van der Waals surface area contributed by atoms with Crippen LogP contribution in [0.3, 0.4) is 0 Å². The first-order valence-corrected chi connectivity index (χ1v) is 6.65. The predicted molar refractivity (Wildman–Crippen MR) is 57.8 cm³/mol. The van der Waals surface area contributed by atoms with Crippen LogP contribution in [-0.2, 0) is 21.0 Å². The van der Waals surface area contributed by atoms with Crippen LogP contribution in [-0.4, -0.2) is 12.6 Å². The van der Waals surface area contributed by atoms with Crippen molar-refractivity contribution >= 4 is 38.3 Å². The van der Waals surface area contributed by atoms with Gasteiger partial charge in [-0.1, -0.05) is 11.6 Å². The summed E-state index contributed by atoms with van der Waals surface area (Å²) in [5.74, 6) is 0. The Labute approximate surface area is 94.0 Å². The van der Waals surface area contributed by atoms with Crippen LogP contribution >= 0.6 is 11.6 Å². The monoisotopic (exact) mass is 269 g/mol. The van der Waals surface area contributed by atoms with Gasteiger partial charge >= 0.3 is 0 Å². The smallest absolute Gasteiger partial charge is 0.240 e. The summed E-state index contributed by atoms with van der Waals surface area (Å²) in [5.41, 5.74) is 5.28. The van der Waals surface area contributed by atoms with Gasteiger partial charge in [-0.2, -0.15) is 0 Å². The van der Waals surface area contributed by atoms with Gasteiger partial charge in [0, 0.05) is 0 Å². The summed E-state index contributed by atoms with van der Waals surface area (Å²) in [6.07, 6.45) is 0. The topological polar surface area (TPSA) is 129 Å². The first kappa shape index (κ1) is 12.4. The van der Waals surface area contributed by atoms with Crippen molar-refractivity contribution in [3.8, 4) is 0 Å². The van der Waals surface area contributed by atoms with Crippen LogP contribution in [0.4, 0.5) is 5.69 Å². The highest BCUT2D eigenvalue weighted by atomic mass is 35.5. The standard InChI is InChI=1S/C6H8ClN3O3S2/c7-3-1-4(8)6(15(10,12)13)2-5(3)14(9)11/h1-2H,8-9H2,(H2,10,12,13). The van der Waals surface area contributed by atoms with Gasteiger partial charge in [0.05, 0.1) is 15.6 Å². The normalized spacial score (nSPS) is 13.8. The summed E-state index contributed by atoms with van der Waals surface area (Å²) in [6.45, 7) is 0. The molecule has 1 unspecified atom stereocenters. The van der Waals surface area contributed by atoms with E-state index in [1.165, 1.54) is 0 Å². The third-order valence-electron chi connectivity index (χ3n) is 1.59. The lowest BCUT2D eigenvalue weighted by Crippen LogP contribution is -2.15. The van der Waals surface area contributed by atoms with E-state index >= 15 is 0 Å². The van der Waals surface area contributed by atoms with Crippen molar-refractivity contribution in [2.24, 2.45) is 10.3 Å². The van der Waals surface area contributed by atoms with E-state index in [-0.39, 0.29) is 20.5 Å². The molecule has 0 radical (unpaired) electrons. The van der Waals surface area contributed by atoms with Gasteiger partial charge in [0.1, 0.15) is 15.9 Å². The lowest BCUT2D eigenvalue weighted by atomic mass is 10.3. The van der Waals surface area contributed by atoms with Crippen LogP contribution in [0.5, 0.6) is 0 Å². The largest absolute Gasteiger partial charge is 0.398 e. The lowest BCUT2D eigenvalue weighted by Gasteiger charge is -2.06. The second kappa shape index (κ2) is 4.06. The van der Waals surface area contributed by atoms with Crippen LogP contribution in [0, 0.1) is 0 Å². The van der Waals surface area contributed by atoms with Crippen molar-refractivity contribution in [3.63, 3.8) is 0 Å². The molecule has 0 aliphatic carbocycles. The molecule has 1 aromatic carbocycles. The minimum absolute atomic E-state index is 0.0285. The zero-order valence-corrected chi connectivity index (χ0v) is 9.69. The minimum Gasteiger partial charge on any atom is -0.398 e. The highest BCUT2D eigenvalue weighted by Gasteiger charge is 2.17. The number of halogens is 1. The molecule has 0 aromatic heterocycles. The van der Waals surface area contributed by atoms with Gasteiger partial charge in [-0.3, -0.25) is 0 Å². The average Bonchev–Trinajstić information content (AvgIpc) is 2.00. The van der Waals surface area contributed by atoms with E-state index in [4.69, 9.17) is 27.6 Å². The van der Waals surface area contributed by atoms with Crippen LogP contribution in [0.1, 0.15) is 0 Å². The number of nitrogen functional groups attached to an aromatic ring is 1. The highest BCUT2D eigenvalue weighted by Crippen LogP contribution is 2.27. The van der Waals surface area contributed by atoms with Crippen molar-refractivity contribution < 1.29 is 12.6 Å². The number of hydrogen-bond acceptors (Lipinski definition) is 4. The fourth-order valence-corrected chi connectivity index (χ4v) is 2.58. The molecule has 1 aromatic rings. The molecule has 0 amide bonds. The molecule has 0 fully saturated rings. The molecule has 0 saturated carbocycles. The van der Waals surface area contributed by atoms with Crippen molar-refractivity contribution in [1.29, 1.82) is 0 Å². The predicted octanol–water partition coefficient (Wildman–Crippen LogP) is -0.449. The van der Waals surface area contributed by atoms with Crippen LogP contribution in [0.15, 0.2) is 21.9 Å². The van der Waals surface area contributed by atoms with Crippen molar-refractivity contribution in [2.45, 2.75) is 9.79 Å². The van der Waals surface area contributed by atoms with E-state index < -0.39 is 21.0 Å². The van der Waals surface area contributed by atoms with E-state index in [2.05, 4.69) is 0 Å². The summed E-state index contributed by atoms with van der Waals surface area (Å²) in [6, 6.07) is 2.14. The third kappa shape index (κ3) is 2.67. The van der Waals surface area contributed by atoms with Crippen molar-refractivity contribution in [3.05, 3.63) is 17.2 Å². The quantitative estimate of drug-likeness (QED) is 0.628. The fraction of sp³-hybridized carbons (Fsp3) is 0. The third-order valence-corrected chi connectivity index (χ3v) is 3.75. The number of sulfonamides is 1. The number of hydrogen-bond donors (Lipinski definition) is 3. The number of nitrogens with two attached hydrogens (primary N) is 3. The Hall–Kier alpha value is -0.670. The zero-order chi connectivity index (χ0) is 11.8. The van der Waals surface area contributed by atoms with Crippen LogP contribution in [0.25, 0.3) is 0 Å². The summed E-state index contributed by atoms with van der Waals surface area (Å²) >= 11 is 5.66. The molecule has 6 nitrogen and oxygen atoms in total. The van der Waals surface area contributed by atoms with E-state index in [0.29, 0.717) is 0 Å². The molecule has 15 heavy (non-hydrogen) atoms. The van der Waals surface area contributed by atoms with Gasteiger partial charge in [-0.05, 0) is 12.1 Å². The van der Waals surface area contributed by atoms with Gasteiger partial charge in [-0.25, -0.2) is 22.9 Å². The van der Waals surface area contributed by atoms with E-state index in [1.54, 1.807) is 0 Å². The molecule has 0 aliphatic rings. The fourth-order valence-electron chi connectivity index (χ4n) is 0.951. The van der Waals surface area contributed by atoms with Gasteiger partial charge in [0.15, 0.2) is 0 Å². The summed E-state index contributed by atoms with van der Waals surface area (Å²) in [4.78, 5) is -0.379. The van der Waals surface area contributed by atoms with Gasteiger partial charge in [0.2, 0.25) is 10.0 Å². The first-order chi connectivity index (χ1) is 6.73. The molecule has 0 aliphatic heterocycles. The second-order valence-electron chi connectivity index (χ2n) is 2.66. The van der Waals surface area contributed by atoms with Gasteiger partial charge in [-0.15, -0.1) is 0 Å². The molecular formula is C6H8ClN3O3S2. The number of rotatable bonds is 2. The van der Waals surface area contributed by atoms with Gasteiger partial charge < -0.3 is 5.73 Å². The van der Waals surface area contributed by atoms with Crippen LogP contribution < -0.4 is 16.0 Å². The Morgan fingerprint density at radius 2 is 1.87 bits per heavy atom. The van der Waals surface area contributed by atoms with E-state index in [9.17, 15) is 12.6 Å². The second-order valence-corrected chi connectivity index (χ2v) is 5.63. The Morgan fingerprint density at radius 1 is 1.33 bits per heavy atom. The minimum atomic E-state index is -3.98. The molecule has 0 bridgehead atoms. The van der Waals surface area contributed by atoms with Crippen molar-refractivity contribution in [1.82, 2.24) is 0 Å².